The maximum absolute atomic E-state index is 12.1. The van der Waals surface area contributed by atoms with E-state index in [-0.39, 0.29) is 5.91 Å². The van der Waals surface area contributed by atoms with Crippen molar-refractivity contribution in [1.82, 2.24) is 15.3 Å². The van der Waals surface area contributed by atoms with Gasteiger partial charge in [-0.15, -0.1) is 0 Å². The third-order valence-electron chi connectivity index (χ3n) is 3.33. The van der Waals surface area contributed by atoms with Crippen LogP contribution < -0.4 is 5.32 Å². The van der Waals surface area contributed by atoms with E-state index in [1.807, 2.05) is 24.3 Å². The molecule has 1 aromatic heterocycles. The molecule has 3 rings (SSSR count). The Morgan fingerprint density at radius 1 is 1.26 bits per heavy atom. The van der Waals surface area contributed by atoms with Gasteiger partial charge in [-0.2, -0.15) is 0 Å². The number of fused-ring (bicyclic) bond motifs is 1. The number of aromatic nitrogens is 2. The highest BCUT2D eigenvalue weighted by atomic mass is 16.6. The van der Waals surface area contributed by atoms with Gasteiger partial charge in [0.2, 0.25) is 0 Å². The first-order valence-corrected chi connectivity index (χ1v) is 7.14. The topological polar surface area (TPSA) is 79.4 Å². The van der Waals surface area contributed by atoms with Crippen LogP contribution in [0.4, 0.5) is 0 Å². The molecule has 0 bridgehead atoms. The van der Waals surface area contributed by atoms with E-state index in [2.05, 4.69) is 25.3 Å². The van der Waals surface area contributed by atoms with Crippen molar-refractivity contribution < 1.29 is 9.63 Å². The number of aromatic amines is 1. The van der Waals surface area contributed by atoms with Crippen molar-refractivity contribution in [3.63, 3.8) is 0 Å². The predicted molar refractivity (Wildman–Crippen MR) is 88.3 cm³/mol. The van der Waals surface area contributed by atoms with Gasteiger partial charge in [0.15, 0.2) is 0 Å². The minimum Gasteiger partial charge on any atom is -0.399 e. The van der Waals surface area contributed by atoms with E-state index in [4.69, 9.17) is 0 Å². The molecule has 0 aliphatic carbocycles. The van der Waals surface area contributed by atoms with Crippen molar-refractivity contribution in [3.8, 4) is 0 Å². The van der Waals surface area contributed by atoms with Crippen molar-refractivity contribution in [2.75, 3.05) is 7.11 Å². The van der Waals surface area contributed by atoms with Crippen LogP contribution in [-0.2, 0) is 11.4 Å². The van der Waals surface area contributed by atoms with E-state index < -0.39 is 0 Å². The molecule has 1 heterocycles. The molecule has 3 aromatic rings. The number of oxime groups is 1. The molecule has 0 radical (unpaired) electrons. The number of hydrogen-bond acceptors (Lipinski definition) is 4. The number of nitrogens with zero attached hydrogens (tertiary/aromatic N) is 2. The first-order chi connectivity index (χ1) is 11.3. The average molecular weight is 308 g/mol. The maximum atomic E-state index is 12.1. The van der Waals surface area contributed by atoms with Gasteiger partial charge >= 0.3 is 0 Å². The van der Waals surface area contributed by atoms with Crippen LogP contribution >= 0.6 is 0 Å². The number of nitrogens with one attached hydrogen (secondary N) is 2. The Morgan fingerprint density at radius 2 is 2.04 bits per heavy atom. The molecule has 2 N–H and O–H groups in total. The summed E-state index contributed by atoms with van der Waals surface area (Å²) in [4.78, 5) is 24.4. The molecule has 6 heteroatoms. The van der Waals surface area contributed by atoms with Gasteiger partial charge in [-0.05, 0) is 29.8 Å². The average Bonchev–Trinajstić information content (AvgIpc) is 3.01. The molecule has 0 saturated carbocycles. The van der Waals surface area contributed by atoms with Gasteiger partial charge in [0.1, 0.15) is 12.9 Å². The summed E-state index contributed by atoms with van der Waals surface area (Å²) in [5.74, 6) is 0.573. The van der Waals surface area contributed by atoms with Crippen molar-refractivity contribution in [1.29, 1.82) is 0 Å². The quantitative estimate of drug-likeness (QED) is 0.561. The van der Waals surface area contributed by atoms with Gasteiger partial charge in [0, 0.05) is 5.56 Å². The zero-order valence-corrected chi connectivity index (χ0v) is 12.6. The standard InChI is InChI=1S/C17H16N4O2/c1-23-19-10-12-6-8-13(9-7-12)17(22)18-11-16-20-14-4-2-3-5-15(14)21-16/h2-10H,11H2,1H3,(H,18,22)(H,20,21). The lowest BCUT2D eigenvalue weighted by Crippen LogP contribution is -2.23. The number of hydrogen-bond donors (Lipinski definition) is 2. The Morgan fingerprint density at radius 3 is 2.78 bits per heavy atom. The largest absolute Gasteiger partial charge is 0.399 e. The number of imidazole rings is 1. The Balaban J connectivity index is 1.63. The molecule has 0 spiro atoms. The summed E-state index contributed by atoms with van der Waals surface area (Å²) in [5, 5.41) is 6.52. The van der Waals surface area contributed by atoms with Crippen LogP contribution in [0.25, 0.3) is 11.0 Å². The summed E-state index contributed by atoms with van der Waals surface area (Å²) in [6, 6.07) is 14.8. The highest BCUT2D eigenvalue weighted by molar-refractivity contribution is 5.95. The van der Waals surface area contributed by atoms with Crippen molar-refractivity contribution in [2.24, 2.45) is 5.16 Å². The first-order valence-electron chi connectivity index (χ1n) is 7.14. The van der Waals surface area contributed by atoms with Crippen molar-refractivity contribution >= 4 is 23.2 Å². The number of carbonyl (C=O) groups is 1. The van der Waals surface area contributed by atoms with Crippen molar-refractivity contribution in [2.45, 2.75) is 6.54 Å². The zero-order chi connectivity index (χ0) is 16.1. The van der Waals surface area contributed by atoms with E-state index in [1.54, 1.807) is 30.5 Å². The summed E-state index contributed by atoms with van der Waals surface area (Å²) in [7, 11) is 1.48. The zero-order valence-electron chi connectivity index (χ0n) is 12.6. The lowest BCUT2D eigenvalue weighted by atomic mass is 10.1. The molecule has 23 heavy (non-hydrogen) atoms. The molecule has 0 aliphatic heterocycles. The van der Waals surface area contributed by atoms with Crippen LogP contribution in [0.15, 0.2) is 53.7 Å². The Bertz CT molecular complexity index is 804. The van der Waals surface area contributed by atoms with Crippen molar-refractivity contribution in [3.05, 3.63) is 65.5 Å². The molecular formula is C17H16N4O2. The van der Waals surface area contributed by atoms with Gasteiger partial charge in [0.05, 0.1) is 23.8 Å². The van der Waals surface area contributed by atoms with Crippen LogP contribution in [0.5, 0.6) is 0 Å². The van der Waals surface area contributed by atoms with Gasteiger partial charge in [0.25, 0.3) is 5.91 Å². The van der Waals surface area contributed by atoms with Gasteiger partial charge in [-0.25, -0.2) is 4.98 Å². The Kier molecular flexibility index (Phi) is 4.33. The SMILES string of the molecule is CON=Cc1ccc(C(=O)NCc2nc3ccccc3[nH]2)cc1. The number of benzene rings is 2. The smallest absolute Gasteiger partial charge is 0.251 e. The molecule has 2 aromatic carbocycles. The minimum absolute atomic E-state index is 0.152. The summed E-state index contributed by atoms with van der Waals surface area (Å²) in [6.45, 7) is 0.348. The van der Waals surface area contributed by atoms with Crippen LogP contribution in [0.1, 0.15) is 21.7 Å². The number of amides is 1. The van der Waals surface area contributed by atoms with Crippen LogP contribution in [0.2, 0.25) is 0 Å². The molecule has 0 saturated heterocycles. The molecule has 0 aliphatic rings. The molecule has 116 valence electrons. The van der Waals surface area contributed by atoms with Crippen LogP contribution in [0, 0.1) is 0 Å². The van der Waals surface area contributed by atoms with E-state index in [0.29, 0.717) is 12.1 Å². The van der Waals surface area contributed by atoms with E-state index >= 15 is 0 Å². The molecule has 6 nitrogen and oxygen atoms in total. The highest BCUT2D eigenvalue weighted by Gasteiger charge is 2.07. The number of H-pyrrole nitrogens is 1. The van der Waals surface area contributed by atoms with Gasteiger partial charge in [-0.3, -0.25) is 4.79 Å². The number of para-hydroxylation sites is 2. The fourth-order valence-corrected chi connectivity index (χ4v) is 2.19. The normalized spacial score (nSPS) is 11.0. The summed E-state index contributed by atoms with van der Waals surface area (Å²) in [5.41, 5.74) is 3.29. The van der Waals surface area contributed by atoms with E-state index in [9.17, 15) is 4.79 Å². The lowest BCUT2D eigenvalue weighted by Gasteiger charge is -2.03. The van der Waals surface area contributed by atoms with Gasteiger partial charge in [-0.1, -0.05) is 29.4 Å². The minimum atomic E-state index is -0.152. The third-order valence-corrected chi connectivity index (χ3v) is 3.33. The number of carbonyl (C=O) groups excluding carboxylic acids is 1. The van der Waals surface area contributed by atoms with Gasteiger partial charge < -0.3 is 15.1 Å². The third kappa shape index (κ3) is 3.55. The fourth-order valence-electron chi connectivity index (χ4n) is 2.19. The monoisotopic (exact) mass is 308 g/mol. The Hall–Kier alpha value is -3.15. The second kappa shape index (κ2) is 6.74. The molecule has 0 atom stereocenters. The fraction of sp³-hybridized carbons (Fsp3) is 0.118. The lowest BCUT2D eigenvalue weighted by molar-refractivity contribution is 0.0950. The second-order valence-corrected chi connectivity index (χ2v) is 4.92. The predicted octanol–water partition coefficient (Wildman–Crippen LogP) is 2.47. The van der Waals surface area contributed by atoms with Crippen LogP contribution in [0.3, 0.4) is 0 Å². The maximum Gasteiger partial charge on any atom is 0.251 e. The molecule has 0 fully saturated rings. The highest BCUT2D eigenvalue weighted by Crippen LogP contribution is 2.10. The summed E-state index contributed by atoms with van der Waals surface area (Å²) in [6.07, 6.45) is 1.58. The van der Waals surface area contributed by atoms with Crippen LogP contribution in [-0.4, -0.2) is 29.2 Å². The summed E-state index contributed by atoms with van der Waals surface area (Å²) < 4.78 is 0. The Labute approximate surface area is 133 Å². The summed E-state index contributed by atoms with van der Waals surface area (Å²) >= 11 is 0. The second-order valence-electron chi connectivity index (χ2n) is 4.92. The van der Waals surface area contributed by atoms with E-state index in [0.717, 1.165) is 22.4 Å². The molecule has 0 unspecified atom stereocenters. The van der Waals surface area contributed by atoms with E-state index in [1.165, 1.54) is 7.11 Å². The molecule has 1 amide bonds. The molecular weight excluding hydrogens is 292 g/mol. The first kappa shape index (κ1) is 14.8. The number of rotatable bonds is 5.